The number of nitrogens with zero attached hydrogens (tertiary/aromatic N) is 3. The lowest BCUT2D eigenvalue weighted by Crippen LogP contribution is -2.25. The van der Waals surface area contributed by atoms with E-state index in [0.717, 1.165) is 31.8 Å². The van der Waals surface area contributed by atoms with Crippen LogP contribution in [0.5, 0.6) is 0 Å². The van der Waals surface area contributed by atoms with Crippen LogP contribution < -0.4 is 11.3 Å². The van der Waals surface area contributed by atoms with Crippen LogP contribution in [-0.4, -0.2) is 21.3 Å². The molecular weight excluding hydrogens is 154 g/mol. The minimum absolute atomic E-state index is 0.738. The Kier molecular flexibility index (Phi) is 3.69. The lowest BCUT2D eigenvalue weighted by Gasteiger charge is -2.02. The van der Waals surface area contributed by atoms with Gasteiger partial charge in [0.2, 0.25) is 0 Å². The smallest absolute Gasteiger partial charge is 0.138 e. The molecule has 5 heteroatoms. The van der Waals surface area contributed by atoms with E-state index in [2.05, 4.69) is 22.4 Å². The highest BCUT2D eigenvalue weighted by molar-refractivity contribution is 4.84. The van der Waals surface area contributed by atoms with Gasteiger partial charge in [-0.05, 0) is 6.42 Å². The first-order valence-corrected chi connectivity index (χ1v) is 4.18. The molecule has 68 valence electrons. The Morgan fingerprint density at radius 1 is 1.67 bits per heavy atom. The van der Waals surface area contributed by atoms with Crippen molar-refractivity contribution in [1.29, 1.82) is 0 Å². The molecule has 1 aromatic heterocycles. The van der Waals surface area contributed by atoms with Crippen molar-refractivity contribution in [2.45, 2.75) is 26.3 Å². The summed E-state index contributed by atoms with van der Waals surface area (Å²) in [6.45, 7) is 3.79. The highest BCUT2D eigenvalue weighted by atomic mass is 15.3. The van der Waals surface area contributed by atoms with E-state index in [9.17, 15) is 0 Å². The number of hydrogen-bond acceptors (Lipinski definition) is 4. The predicted octanol–water partition coefficient (Wildman–Crippen LogP) is -0.306. The van der Waals surface area contributed by atoms with Crippen LogP contribution in [-0.2, 0) is 13.0 Å². The lowest BCUT2D eigenvalue weighted by atomic mass is 10.4. The van der Waals surface area contributed by atoms with Crippen LogP contribution in [0.2, 0.25) is 0 Å². The summed E-state index contributed by atoms with van der Waals surface area (Å²) in [5, 5.41) is 4.10. The summed E-state index contributed by atoms with van der Waals surface area (Å²) < 4.78 is 1.91. The van der Waals surface area contributed by atoms with Crippen LogP contribution in [0.4, 0.5) is 0 Å². The standard InChI is InChI=1S/C7H15N5/c1-2-5-12-7(3-4-10-8)9-6-11-12/h6,10H,2-5,8H2,1H3. The molecule has 1 rings (SSSR count). The predicted molar refractivity (Wildman–Crippen MR) is 46.2 cm³/mol. The van der Waals surface area contributed by atoms with Crippen LogP contribution in [0.25, 0.3) is 0 Å². The minimum atomic E-state index is 0.738. The Balaban J connectivity index is 2.51. The van der Waals surface area contributed by atoms with Gasteiger partial charge in [-0.25, -0.2) is 4.98 Å². The summed E-state index contributed by atoms with van der Waals surface area (Å²) in [5.74, 6) is 6.16. The summed E-state index contributed by atoms with van der Waals surface area (Å²) in [6, 6.07) is 0. The fourth-order valence-corrected chi connectivity index (χ4v) is 1.06. The Labute approximate surface area is 71.9 Å². The molecule has 0 aliphatic heterocycles. The molecule has 0 fully saturated rings. The van der Waals surface area contributed by atoms with Gasteiger partial charge in [-0.3, -0.25) is 16.0 Å². The Hall–Kier alpha value is -0.940. The van der Waals surface area contributed by atoms with Crippen molar-refractivity contribution in [2.75, 3.05) is 6.54 Å². The molecule has 0 atom stereocenters. The first-order valence-electron chi connectivity index (χ1n) is 4.18. The normalized spacial score (nSPS) is 10.5. The quantitative estimate of drug-likeness (QED) is 0.469. The first kappa shape index (κ1) is 9.15. The summed E-state index contributed by atoms with van der Waals surface area (Å²) >= 11 is 0. The highest BCUT2D eigenvalue weighted by Crippen LogP contribution is 1.95. The third-order valence-corrected chi connectivity index (χ3v) is 1.62. The lowest BCUT2D eigenvalue weighted by molar-refractivity contribution is 0.559. The molecule has 5 nitrogen and oxygen atoms in total. The fourth-order valence-electron chi connectivity index (χ4n) is 1.06. The number of hydrogen-bond donors (Lipinski definition) is 2. The first-order chi connectivity index (χ1) is 5.88. The molecule has 3 N–H and O–H groups in total. The maximum atomic E-state index is 5.16. The van der Waals surface area contributed by atoms with Crippen LogP contribution in [0.3, 0.4) is 0 Å². The molecule has 1 heterocycles. The summed E-state index contributed by atoms with van der Waals surface area (Å²) in [7, 11) is 0. The molecule has 0 aromatic carbocycles. The molecule has 0 bridgehead atoms. The fraction of sp³-hybridized carbons (Fsp3) is 0.714. The van der Waals surface area contributed by atoms with E-state index in [1.54, 1.807) is 6.33 Å². The Morgan fingerprint density at radius 3 is 3.17 bits per heavy atom. The van der Waals surface area contributed by atoms with E-state index >= 15 is 0 Å². The zero-order chi connectivity index (χ0) is 8.81. The van der Waals surface area contributed by atoms with Crippen molar-refractivity contribution in [3.05, 3.63) is 12.2 Å². The molecule has 0 amide bonds. The van der Waals surface area contributed by atoms with E-state index in [-0.39, 0.29) is 0 Å². The zero-order valence-electron chi connectivity index (χ0n) is 7.32. The van der Waals surface area contributed by atoms with Crippen LogP contribution in [0.1, 0.15) is 19.2 Å². The molecule has 0 radical (unpaired) electrons. The molecular formula is C7H15N5. The van der Waals surface area contributed by atoms with Crippen molar-refractivity contribution in [3.63, 3.8) is 0 Å². The van der Waals surface area contributed by atoms with E-state index in [0.29, 0.717) is 0 Å². The second-order valence-electron chi connectivity index (χ2n) is 2.60. The number of rotatable bonds is 5. The van der Waals surface area contributed by atoms with Gasteiger partial charge < -0.3 is 0 Å². The van der Waals surface area contributed by atoms with Crippen molar-refractivity contribution < 1.29 is 0 Å². The second-order valence-corrected chi connectivity index (χ2v) is 2.60. The molecule has 0 aliphatic rings. The minimum Gasteiger partial charge on any atom is -0.271 e. The van der Waals surface area contributed by atoms with Crippen molar-refractivity contribution in [1.82, 2.24) is 20.2 Å². The largest absolute Gasteiger partial charge is 0.271 e. The van der Waals surface area contributed by atoms with Crippen molar-refractivity contribution >= 4 is 0 Å². The topological polar surface area (TPSA) is 68.8 Å². The highest BCUT2D eigenvalue weighted by Gasteiger charge is 2.01. The third kappa shape index (κ3) is 2.28. The van der Waals surface area contributed by atoms with Gasteiger partial charge in [0.25, 0.3) is 0 Å². The van der Waals surface area contributed by atoms with Gasteiger partial charge in [-0.2, -0.15) is 5.10 Å². The second kappa shape index (κ2) is 4.84. The van der Waals surface area contributed by atoms with E-state index in [4.69, 9.17) is 5.84 Å². The molecule has 0 saturated carbocycles. The molecule has 12 heavy (non-hydrogen) atoms. The number of hydrazine groups is 1. The van der Waals surface area contributed by atoms with Crippen LogP contribution >= 0.6 is 0 Å². The van der Waals surface area contributed by atoms with E-state index in [1.807, 2.05) is 4.68 Å². The number of aromatic nitrogens is 3. The molecule has 0 spiro atoms. The van der Waals surface area contributed by atoms with Gasteiger partial charge in [0.15, 0.2) is 0 Å². The SMILES string of the molecule is CCCn1ncnc1CCNN. The molecule has 1 aromatic rings. The van der Waals surface area contributed by atoms with Gasteiger partial charge >= 0.3 is 0 Å². The molecule has 0 unspecified atom stereocenters. The molecule has 0 aliphatic carbocycles. The Bertz CT molecular complexity index is 219. The Morgan fingerprint density at radius 2 is 2.50 bits per heavy atom. The molecule has 0 saturated heterocycles. The van der Waals surface area contributed by atoms with Crippen molar-refractivity contribution in [3.8, 4) is 0 Å². The monoisotopic (exact) mass is 169 g/mol. The van der Waals surface area contributed by atoms with E-state index < -0.39 is 0 Å². The zero-order valence-corrected chi connectivity index (χ0v) is 7.32. The summed E-state index contributed by atoms with van der Waals surface area (Å²) in [5.41, 5.74) is 2.59. The number of nitrogens with one attached hydrogen (secondary N) is 1. The van der Waals surface area contributed by atoms with Crippen LogP contribution in [0.15, 0.2) is 6.33 Å². The van der Waals surface area contributed by atoms with Gasteiger partial charge in [0.05, 0.1) is 0 Å². The van der Waals surface area contributed by atoms with Crippen LogP contribution in [0, 0.1) is 0 Å². The maximum absolute atomic E-state index is 5.16. The average Bonchev–Trinajstić information content (AvgIpc) is 2.50. The van der Waals surface area contributed by atoms with E-state index in [1.165, 1.54) is 0 Å². The number of nitrogens with two attached hydrogens (primary N) is 1. The average molecular weight is 169 g/mol. The van der Waals surface area contributed by atoms with Gasteiger partial charge in [0.1, 0.15) is 12.2 Å². The summed E-state index contributed by atoms with van der Waals surface area (Å²) in [4.78, 5) is 4.13. The number of aryl methyl sites for hydroxylation is 1. The van der Waals surface area contributed by atoms with Gasteiger partial charge in [-0.15, -0.1) is 0 Å². The third-order valence-electron chi connectivity index (χ3n) is 1.62. The van der Waals surface area contributed by atoms with Crippen molar-refractivity contribution in [2.24, 2.45) is 5.84 Å². The van der Waals surface area contributed by atoms with Gasteiger partial charge in [-0.1, -0.05) is 6.92 Å². The summed E-state index contributed by atoms with van der Waals surface area (Å²) in [6.07, 6.45) is 3.49. The van der Waals surface area contributed by atoms with Gasteiger partial charge in [0, 0.05) is 19.5 Å². The maximum Gasteiger partial charge on any atom is 0.138 e.